The maximum absolute atomic E-state index is 11.5. The van der Waals surface area contributed by atoms with Gasteiger partial charge >= 0.3 is 0 Å². The summed E-state index contributed by atoms with van der Waals surface area (Å²) in [5.41, 5.74) is 1.27. The number of aryl methyl sites for hydroxylation is 1. The zero-order valence-electron chi connectivity index (χ0n) is 9.01. The van der Waals surface area contributed by atoms with Gasteiger partial charge in [0.25, 0.3) is 0 Å². The molecule has 0 aliphatic carbocycles. The average molecular weight is 263 g/mol. The second-order valence-electron chi connectivity index (χ2n) is 3.22. The molecule has 0 aromatic carbocycles. The van der Waals surface area contributed by atoms with Crippen LogP contribution in [0.2, 0.25) is 10.3 Å². The minimum absolute atomic E-state index is 0.170. The van der Waals surface area contributed by atoms with Gasteiger partial charge in [-0.1, -0.05) is 23.2 Å². The van der Waals surface area contributed by atoms with Gasteiger partial charge in [-0.05, 0) is 18.6 Å². The smallest absolute Gasteiger partial charge is 0.226 e. The van der Waals surface area contributed by atoms with Crippen LogP contribution in [0.25, 0.3) is 0 Å². The maximum atomic E-state index is 11.5. The summed E-state index contributed by atoms with van der Waals surface area (Å²) in [6.07, 6.45) is 0.273. The van der Waals surface area contributed by atoms with Crippen molar-refractivity contribution in [3.05, 3.63) is 21.9 Å². The number of ether oxygens (including phenoxy) is 1. The Hall–Kier alpha value is -0.840. The molecule has 4 nitrogen and oxygen atoms in total. The first-order chi connectivity index (χ1) is 7.54. The Kier molecular flexibility index (Phi) is 4.99. The molecule has 0 saturated carbocycles. The molecular weight excluding hydrogens is 251 g/mol. The van der Waals surface area contributed by atoms with Crippen molar-refractivity contribution in [3.8, 4) is 0 Å². The quantitative estimate of drug-likeness (QED) is 0.849. The number of rotatable bonds is 4. The molecule has 1 aromatic heterocycles. The first-order valence-electron chi connectivity index (χ1n) is 4.66. The summed E-state index contributed by atoms with van der Waals surface area (Å²) in [4.78, 5) is 15.3. The fourth-order valence-electron chi connectivity index (χ4n) is 1.14. The summed E-state index contributed by atoms with van der Waals surface area (Å²) < 4.78 is 4.80. The van der Waals surface area contributed by atoms with Crippen LogP contribution in [0.15, 0.2) is 6.07 Å². The van der Waals surface area contributed by atoms with E-state index in [-0.39, 0.29) is 17.5 Å². The van der Waals surface area contributed by atoms with E-state index in [1.165, 1.54) is 7.11 Å². The lowest BCUT2D eigenvalue weighted by atomic mass is 10.2. The van der Waals surface area contributed by atoms with Crippen molar-refractivity contribution in [2.24, 2.45) is 0 Å². The maximum Gasteiger partial charge on any atom is 0.226 e. The molecule has 0 fully saturated rings. The van der Waals surface area contributed by atoms with Gasteiger partial charge in [0.15, 0.2) is 5.15 Å². The molecule has 88 valence electrons. The molecule has 0 saturated heterocycles. The van der Waals surface area contributed by atoms with Crippen molar-refractivity contribution in [2.45, 2.75) is 13.3 Å². The van der Waals surface area contributed by atoms with Gasteiger partial charge < -0.3 is 10.1 Å². The molecule has 0 bridgehead atoms. The lowest BCUT2D eigenvalue weighted by Crippen LogP contribution is -2.15. The molecule has 0 atom stereocenters. The number of hydrogen-bond donors (Lipinski definition) is 1. The molecule has 0 radical (unpaired) electrons. The van der Waals surface area contributed by atoms with E-state index in [1.54, 1.807) is 13.0 Å². The summed E-state index contributed by atoms with van der Waals surface area (Å²) in [7, 11) is 1.54. The van der Waals surface area contributed by atoms with Crippen LogP contribution in [0.1, 0.15) is 12.0 Å². The summed E-state index contributed by atoms with van der Waals surface area (Å²) in [5.74, 6) is -0.170. The molecule has 0 spiro atoms. The van der Waals surface area contributed by atoms with E-state index in [0.717, 1.165) is 5.56 Å². The van der Waals surface area contributed by atoms with Crippen LogP contribution >= 0.6 is 23.2 Å². The Balaban J connectivity index is 2.77. The molecule has 0 unspecified atom stereocenters. The number of amides is 1. The summed E-state index contributed by atoms with van der Waals surface area (Å²) in [5, 5.41) is 3.16. The third-order valence-corrected chi connectivity index (χ3v) is 2.41. The number of aromatic nitrogens is 1. The van der Waals surface area contributed by atoms with E-state index in [1.807, 2.05) is 0 Å². The number of halogens is 2. The standard InChI is InChI=1S/C10H12Cl2N2O2/c1-6-5-7(11)13-10(12)9(6)14-8(15)3-4-16-2/h5H,3-4H2,1-2H3,(H,14,15). The Morgan fingerprint density at radius 2 is 2.25 bits per heavy atom. The highest BCUT2D eigenvalue weighted by atomic mass is 35.5. The van der Waals surface area contributed by atoms with Crippen molar-refractivity contribution >= 4 is 34.8 Å². The predicted octanol–water partition coefficient (Wildman–Crippen LogP) is 2.67. The van der Waals surface area contributed by atoms with Gasteiger partial charge in [-0.25, -0.2) is 4.98 Å². The van der Waals surface area contributed by atoms with Crippen LogP contribution in [0.3, 0.4) is 0 Å². The van der Waals surface area contributed by atoms with Crippen molar-refractivity contribution in [2.75, 3.05) is 19.0 Å². The summed E-state index contributed by atoms with van der Waals surface area (Å²) >= 11 is 11.6. The number of carbonyl (C=O) groups is 1. The lowest BCUT2D eigenvalue weighted by molar-refractivity contribution is -0.117. The molecule has 16 heavy (non-hydrogen) atoms. The summed E-state index contributed by atoms with van der Waals surface area (Å²) in [6.45, 7) is 2.16. The topological polar surface area (TPSA) is 51.2 Å². The number of nitrogens with zero attached hydrogens (tertiary/aromatic N) is 1. The van der Waals surface area contributed by atoms with Gasteiger partial charge in [-0.3, -0.25) is 4.79 Å². The molecule has 1 N–H and O–H groups in total. The van der Waals surface area contributed by atoms with Crippen molar-refractivity contribution < 1.29 is 9.53 Å². The van der Waals surface area contributed by atoms with Gasteiger partial charge in [0.2, 0.25) is 5.91 Å². The Morgan fingerprint density at radius 3 is 2.81 bits per heavy atom. The van der Waals surface area contributed by atoms with Crippen LogP contribution in [-0.4, -0.2) is 24.6 Å². The van der Waals surface area contributed by atoms with Gasteiger partial charge in [-0.2, -0.15) is 0 Å². The number of carbonyl (C=O) groups excluding carboxylic acids is 1. The number of methoxy groups -OCH3 is 1. The molecule has 6 heteroatoms. The third-order valence-electron chi connectivity index (χ3n) is 1.94. The monoisotopic (exact) mass is 262 g/mol. The Bertz CT molecular complexity index is 373. The molecule has 0 aliphatic heterocycles. The molecule has 1 amide bonds. The molecule has 0 aliphatic rings. The number of hydrogen-bond acceptors (Lipinski definition) is 3. The molecular formula is C10H12Cl2N2O2. The highest BCUT2D eigenvalue weighted by Crippen LogP contribution is 2.26. The molecule has 1 heterocycles. The fraction of sp³-hybridized carbons (Fsp3) is 0.400. The van der Waals surface area contributed by atoms with E-state index in [4.69, 9.17) is 27.9 Å². The highest BCUT2D eigenvalue weighted by molar-refractivity contribution is 6.34. The van der Waals surface area contributed by atoms with Crippen LogP contribution in [0.5, 0.6) is 0 Å². The third kappa shape index (κ3) is 3.63. The Morgan fingerprint density at radius 1 is 1.56 bits per heavy atom. The normalized spacial score (nSPS) is 10.2. The zero-order chi connectivity index (χ0) is 12.1. The highest BCUT2D eigenvalue weighted by Gasteiger charge is 2.10. The molecule has 1 rings (SSSR count). The second kappa shape index (κ2) is 6.03. The SMILES string of the molecule is COCCC(=O)Nc1c(C)cc(Cl)nc1Cl. The first-order valence-corrected chi connectivity index (χ1v) is 5.41. The van der Waals surface area contributed by atoms with E-state index in [9.17, 15) is 4.79 Å². The van der Waals surface area contributed by atoms with E-state index in [2.05, 4.69) is 10.3 Å². The largest absolute Gasteiger partial charge is 0.384 e. The predicted molar refractivity (Wildman–Crippen MR) is 64.1 cm³/mol. The van der Waals surface area contributed by atoms with Crippen LogP contribution in [0, 0.1) is 6.92 Å². The fourth-order valence-corrected chi connectivity index (χ4v) is 1.72. The zero-order valence-corrected chi connectivity index (χ0v) is 10.5. The number of nitrogens with one attached hydrogen (secondary N) is 1. The van der Waals surface area contributed by atoms with Gasteiger partial charge in [0, 0.05) is 7.11 Å². The van der Waals surface area contributed by atoms with Crippen LogP contribution in [-0.2, 0) is 9.53 Å². The van der Waals surface area contributed by atoms with Gasteiger partial charge in [0.05, 0.1) is 18.7 Å². The summed E-state index contributed by atoms with van der Waals surface area (Å²) in [6, 6.07) is 1.64. The second-order valence-corrected chi connectivity index (χ2v) is 3.96. The minimum atomic E-state index is -0.170. The first kappa shape index (κ1) is 13.2. The average Bonchev–Trinajstić information content (AvgIpc) is 2.20. The van der Waals surface area contributed by atoms with E-state index in [0.29, 0.717) is 17.4 Å². The molecule has 1 aromatic rings. The lowest BCUT2D eigenvalue weighted by Gasteiger charge is -2.09. The van der Waals surface area contributed by atoms with Crippen LogP contribution < -0.4 is 5.32 Å². The number of anilines is 1. The van der Waals surface area contributed by atoms with E-state index < -0.39 is 0 Å². The van der Waals surface area contributed by atoms with Gasteiger partial charge in [-0.15, -0.1) is 0 Å². The minimum Gasteiger partial charge on any atom is -0.384 e. The van der Waals surface area contributed by atoms with E-state index >= 15 is 0 Å². The van der Waals surface area contributed by atoms with Crippen LogP contribution in [0.4, 0.5) is 5.69 Å². The van der Waals surface area contributed by atoms with Crippen molar-refractivity contribution in [3.63, 3.8) is 0 Å². The van der Waals surface area contributed by atoms with Crippen molar-refractivity contribution in [1.29, 1.82) is 0 Å². The van der Waals surface area contributed by atoms with Crippen molar-refractivity contribution in [1.82, 2.24) is 4.98 Å². The Labute approximate surface area is 104 Å². The number of pyridine rings is 1. The van der Waals surface area contributed by atoms with Gasteiger partial charge in [0.1, 0.15) is 5.15 Å².